The number of nitrogens with one attached hydrogen (secondary N) is 2. The van der Waals surface area contributed by atoms with Crippen LogP contribution in [0.5, 0.6) is 0 Å². The third-order valence-electron chi connectivity index (χ3n) is 4.58. The maximum atomic E-state index is 11.7. The molecule has 1 aliphatic heterocycles. The summed E-state index contributed by atoms with van der Waals surface area (Å²) >= 11 is 0. The number of aryl methyl sites for hydroxylation is 1. The summed E-state index contributed by atoms with van der Waals surface area (Å²) in [6, 6.07) is 6.49. The van der Waals surface area contributed by atoms with E-state index in [2.05, 4.69) is 57.5 Å². The number of amides is 1. The minimum atomic E-state index is -0.0353. The Morgan fingerprint density at radius 1 is 1.08 bits per heavy atom. The SMILES string of the molecule is CCNC(=O)CN=C(NCC)N1CCN(c2cccc(C)c2C)CC1. The number of piperazine rings is 1. The molecule has 1 aliphatic rings. The summed E-state index contributed by atoms with van der Waals surface area (Å²) in [5, 5.41) is 6.09. The van der Waals surface area contributed by atoms with Gasteiger partial charge >= 0.3 is 0 Å². The predicted octanol–water partition coefficient (Wildman–Crippen LogP) is 1.53. The van der Waals surface area contributed by atoms with Crippen molar-refractivity contribution in [3.8, 4) is 0 Å². The molecule has 0 bridgehead atoms. The molecule has 1 heterocycles. The predicted molar refractivity (Wildman–Crippen MR) is 104 cm³/mol. The molecule has 0 spiro atoms. The maximum Gasteiger partial charge on any atom is 0.241 e. The van der Waals surface area contributed by atoms with Crippen molar-refractivity contribution in [3.63, 3.8) is 0 Å². The van der Waals surface area contributed by atoms with Gasteiger partial charge in [-0.25, -0.2) is 4.99 Å². The van der Waals surface area contributed by atoms with Crippen LogP contribution in [-0.2, 0) is 4.79 Å². The fourth-order valence-corrected chi connectivity index (χ4v) is 3.06. The highest BCUT2D eigenvalue weighted by molar-refractivity contribution is 5.85. The van der Waals surface area contributed by atoms with Crippen molar-refractivity contribution in [1.82, 2.24) is 15.5 Å². The van der Waals surface area contributed by atoms with Crippen LogP contribution < -0.4 is 15.5 Å². The summed E-state index contributed by atoms with van der Waals surface area (Å²) in [6.45, 7) is 13.6. The number of aliphatic imine (C=N–C) groups is 1. The van der Waals surface area contributed by atoms with Crippen LogP contribution in [-0.4, -0.2) is 62.6 Å². The first-order valence-corrected chi connectivity index (χ1v) is 9.17. The van der Waals surface area contributed by atoms with Crippen LogP contribution in [0.3, 0.4) is 0 Å². The van der Waals surface area contributed by atoms with Crippen LogP contribution in [0.25, 0.3) is 0 Å². The second-order valence-corrected chi connectivity index (χ2v) is 6.32. The smallest absolute Gasteiger partial charge is 0.241 e. The van der Waals surface area contributed by atoms with Crippen molar-refractivity contribution in [1.29, 1.82) is 0 Å². The number of hydrogen-bond donors (Lipinski definition) is 2. The Hall–Kier alpha value is -2.24. The van der Waals surface area contributed by atoms with Crippen molar-refractivity contribution >= 4 is 17.6 Å². The van der Waals surface area contributed by atoms with E-state index in [-0.39, 0.29) is 12.5 Å². The van der Waals surface area contributed by atoms with Gasteiger partial charge in [0.05, 0.1) is 0 Å². The van der Waals surface area contributed by atoms with Crippen molar-refractivity contribution < 1.29 is 4.79 Å². The largest absolute Gasteiger partial charge is 0.368 e. The van der Waals surface area contributed by atoms with Crippen LogP contribution in [0, 0.1) is 13.8 Å². The highest BCUT2D eigenvalue weighted by Crippen LogP contribution is 2.23. The van der Waals surface area contributed by atoms with E-state index in [0.717, 1.165) is 38.7 Å². The molecular formula is C19H31N5O. The zero-order chi connectivity index (χ0) is 18.2. The number of rotatable bonds is 5. The number of nitrogens with zero attached hydrogens (tertiary/aromatic N) is 3. The minimum absolute atomic E-state index is 0.0353. The molecule has 0 atom stereocenters. The molecule has 2 rings (SSSR count). The molecule has 2 N–H and O–H groups in total. The Kier molecular flexibility index (Phi) is 7.10. The molecule has 6 nitrogen and oxygen atoms in total. The van der Waals surface area contributed by atoms with Crippen molar-refractivity contribution in [3.05, 3.63) is 29.3 Å². The summed E-state index contributed by atoms with van der Waals surface area (Å²) in [5.41, 5.74) is 4.01. The van der Waals surface area contributed by atoms with Crippen LogP contribution in [0.1, 0.15) is 25.0 Å². The van der Waals surface area contributed by atoms with Gasteiger partial charge in [-0.3, -0.25) is 4.79 Å². The van der Waals surface area contributed by atoms with Gasteiger partial charge in [0, 0.05) is 45.0 Å². The van der Waals surface area contributed by atoms with Gasteiger partial charge in [-0.1, -0.05) is 12.1 Å². The van der Waals surface area contributed by atoms with Crippen LogP contribution in [0.15, 0.2) is 23.2 Å². The number of carbonyl (C=O) groups excluding carboxylic acids is 1. The minimum Gasteiger partial charge on any atom is -0.368 e. The third-order valence-corrected chi connectivity index (χ3v) is 4.58. The summed E-state index contributed by atoms with van der Waals surface area (Å²) in [6.07, 6.45) is 0. The van der Waals surface area contributed by atoms with Gasteiger partial charge in [-0.15, -0.1) is 0 Å². The van der Waals surface area contributed by atoms with E-state index in [0.29, 0.717) is 6.54 Å². The molecule has 0 radical (unpaired) electrons. The molecule has 1 saturated heterocycles. The lowest BCUT2D eigenvalue weighted by atomic mass is 10.1. The molecule has 0 saturated carbocycles. The third kappa shape index (κ3) is 5.11. The maximum absolute atomic E-state index is 11.7. The highest BCUT2D eigenvalue weighted by atomic mass is 16.1. The lowest BCUT2D eigenvalue weighted by Crippen LogP contribution is -2.53. The fraction of sp³-hybridized carbons (Fsp3) is 0.579. The first kappa shape index (κ1) is 19.1. The molecule has 25 heavy (non-hydrogen) atoms. The number of hydrogen-bond acceptors (Lipinski definition) is 3. The van der Waals surface area contributed by atoms with E-state index in [1.165, 1.54) is 16.8 Å². The number of carbonyl (C=O) groups is 1. The highest BCUT2D eigenvalue weighted by Gasteiger charge is 2.21. The first-order chi connectivity index (χ1) is 12.1. The molecule has 0 unspecified atom stereocenters. The molecule has 1 aromatic carbocycles. The summed E-state index contributed by atoms with van der Waals surface area (Å²) in [4.78, 5) is 20.8. The molecule has 138 valence electrons. The Labute approximate surface area is 151 Å². The average Bonchev–Trinajstić information content (AvgIpc) is 2.61. The number of anilines is 1. The molecule has 0 aromatic heterocycles. The van der Waals surface area contributed by atoms with E-state index < -0.39 is 0 Å². The quantitative estimate of drug-likeness (QED) is 0.628. The van der Waals surface area contributed by atoms with Crippen molar-refractivity contribution in [2.75, 3.05) is 50.7 Å². The van der Waals surface area contributed by atoms with Gasteiger partial charge in [0.1, 0.15) is 6.54 Å². The molecule has 0 aliphatic carbocycles. The van der Waals surface area contributed by atoms with Crippen molar-refractivity contribution in [2.45, 2.75) is 27.7 Å². The normalized spacial score (nSPS) is 15.3. The fourth-order valence-electron chi connectivity index (χ4n) is 3.06. The standard InChI is InChI=1S/C19H31N5O/c1-5-20-18(25)14-22-19(21-6-2)24-12-10-23(11-13-24)17-9-7-8-15(3)16(17)4/h7-9H,5-6,10-14H2,1-4H3,(H,20,25)(H,21,22). The number of benzene rings is 1. The second-order valence-electron chi connectivity index (χ2n) is 6.32. The van der Waals surface area contributed by atoms with Crippen LogP contribution >= 0.6 is 0 Å². The Morgan fingerprint density at radius 2 is 1.76 bits per heavy atom. The van der Waals surface area contributed by atoms with Gasteiger partial charge in [0.25, 0.3) is 0 Å². The van der Waals surface area contributed by atoms with Gasteiger partial charge in [0.15, 0.2) is 5.96 Å². The van der Waals surface area contributed by atoms with Gasteiger partial charge in [-0.05, 0) is 44.9 Å². The van der Waals surface area contributed by atoms with Gasteiger partial charge in [0.2, 0.25) is 5.91 Å². The zero-order valence-corrected chi connectivity index (χ0v) is 15.9. The van der Waals surface area contributed by atoms with E-state index in [1.54, 1.807) is 0 Å². The van der Waals surface area contributed by atoms with E-state index in [4.69, 9.17) is 0 Å². The van der Waals surface area contributed by atoms with Gasteiger partial charge in [-0.2, -0.15) is 0 Å². The molecule has 1 fully saturated rings. The molecule has 1 amide bonds. The summed E-state index contributed by atoms with van der Waals surface area (Å²) in [5.74, 6) is 0.793. The van der Waals surface area contributed by atoms with E-state index in [9.17, 15) is 4.79 Å². The van der Waals surface area contributed by atoms with Crippen LogP contribution in [0.4, 0.5) is 5.69 Å². The van der Waals surface area contributed by atoms with Crippen molar-refractivity contribution in [2.24, 2.45) is 4.99 Å². The lowest BCUT2D eigenvalue weighted by molar-refractivity contribution is -0.119. The Balaban J connectivity index is 1.99. The molecule has 6 heteroatoms. The Bertz CT molecular complexity index is 606. The number of guanidine groups is 1. The summed E-state index contributed by atoms with van der Waals surface area (Å²) < 4.78 is 0. The van der Waals surface area contributed by atoms with Gasteiger partial charge < -0.3 is 20.4 Å². The van der Waals surface area contributed by atoms with E-state index >= 15 is 0 Å². The zero-order valence-electron chi connectivity index (χ0n) is 15.9. The summed E-state index contributed by atoms with van der Waals surface area (Å²) in [7, 11) is 0. The topological polar surface area (TPSA) is 60.0 Å². The van der Waals surface area contributed by atoms with Crippen LogP contribution in [0.2, 0.25) is 0 Å². The first-order valence-electron chi connectivity index (χ1n) is 9.17. The van der Waals surface area contributed by atoms with E-state index in [1.807, 2.05) is 13.8 Å². The Morgan fingerprint density at radius 3 is 2.40 bits per heavy atom. The molecule has 1 aromatic rings. The monoisotopic (exact) mass is 345 g/mol. The average molecular weight is 345 g/mol. The lowest BCUT2D eigenvalue weighted by Gasteiger charge is -2.38. The number of likely N-dealkylation sites (N-methyl/N-ethyl adjacent to an activating group) is 1. The second kappa shape index (κ2) is 9.30. The molecular weight excluding hydrogens is 314 g/mol.